The van der Waals surface area contributed by atoms with Crippen molar-refractivity contribution in [1.29, 1.82) is 0 Å². The lowest BCUT2D eigenvalue weighted by atomic mass is 9.92. The van der Waals surface area contributed by atoms with E-state index in [1.165, 1.54) is 5.56 Å². The van der Waals surface area contributed by atoms with Gasteiger partial charge in [0.15, 0.2) is 17.3 Å². The van der Waals surface area contributed by atoms with E-state index in [4.69, 9.17) is 25.2 Å². The molecule has 0 radical (unpaired) electrons. The van der Waals surface area contributed by atoms with Crippen LogP contribution in [0.3, 0.4) is 0 Å². The molecule has 1 aromatic carbocycles. The van der Waals surface area contributed by atoms with Gasteiger partial charge in [-0.25, -0.2) is 9.97 Å². The summed E-state index contributed by atoms with van der Waals surface area (Å²) in [6, 6.07) is 12.2. The van der Waals surface area contributed by atoms with Gasteiger partial charge < -0.3 is 25.8 Å². The van der Waals surface area contributed by atoms with Gasteiger partial charge in [0.2, 0.25) is 0 Å². The predicted octanol–water partition coefficient (Wildman–Crippen LogP) is 3.50. The minimum atomic E-state index is -0.653. The molecule has 3 aromatic rings. The third-order valence-electron chi connectivity index (χ3n) is 7.97. The lowest BCUT2D eigenvalue weighted by Gasteiger charge is -2.33. The number of ether oxygens (including phenoxy) is 2. The third-order valence-corrected chi connectivity index (χ3v) is 7.97. The number of pyridine rings is 1. The standard InChI is InChI=1S/C29H35N7O3/c1-19-3-2-11-31-23(19)24-27(33-22-8-14-39-18-29(22)9-10-29)35-28(25(34-24)26(30)37)32-21-6-4-20(5-7-21)17-36-12-15-38-16-13-36/h2-7,11,22H,8-10,12-18H2,1H3,(H2,30,37)(H2,32,33,35). The van der Waals surface area contributed by atoms with Gasteiger partial charge in [0.1, 0.15) is 5.69 Å². The van der Waals surface area contributed by atoms with E-state index in [1.807, 2.05) is 31.2 Å². The maximum atomic E-state index is 12.6. The van der Waals surface area contributed by atoms with E-state index in [1.54, 1.807) is 6.20 Å². The van der Waals surface area contributed by atoms with Crippen LogP contribution in [0.5, 0.6) is 0 Å². The number of amides is 1. The molecular weight excluding hydrogens is 494 g/mol. The minimum absolute atomic E-state index is 0.0751. The number of nitrogens with zero attached hydrogens (tertiary/aromatic N) is 4. The van der Waals surface area contributed by atoms with Crippen LogP contribution in [0.2, 0.25) is 0 Å². The first-order valence-electron chi connectivity index (χ1n) is 13.6. The van der Waals surface area contributed by atoms with Crippen LogP contribution in [0.25, 0.3) is 11.4 Å². The predicted molar refractivity (Wildman–Crippen MR) is 149 cm³/mol. The van der Waals surface area contributed by atoms with Crippen LogP contribution < -0.4 is 16.4 Å². The Balaban J connectivity index is 1.32. The smallest absolute Gasteiger partial charge is 0.271 e. The van der Waals surface area contributed by atoms with Gasteiger partial charge in [-0.2, -0.15) is 0 Å². The molecule has 3 aliphatic rings. The summed E-state index contributed by atoms with van der Waals surface area (Å²) in [5, 5.41) is 6.97. The number of rotatable bonds is 8. The Morgan fingerprint density at radius 1 is 1.05 bits per heavy atom. The zero-order valence-corrected chi connectivity index (χ0v) is 22.3. The summed E-state index contributed by atoms with van der Waals surface area (Å²) in [7, 11) is 0. The van der Waals surface area contributed by atoms with Crippen molar-refractivity contribution in [3.8, 4) is 11.4 Å². The number of aryl methyl sites for hydroxylation is 1. The highest BCUT2D eigenvalue weighted by atomic mass is 16.5. The second kappa shape index (κ2) is 10.9. The number of hydrogen-bond acceptors (Lipinski definition) is 9. The number of anilines is 3. The van der Waals surface area contributed by atoms with E-state index < -0.39 is 5.91 Å². The summed E-state index contributed by atoms with van der Waals surface area (Å²) >= 11 is 0. The quantitative estimate of drug-likeness (QED) is 0.402. The molecule has 1 amide bonds. The summed E-state index contributed by atoms with van der Waals surface area (Å²) in [6.45, 7) is 7.70. The van der Waals surface area contributed by atoms with Crippen LogP contribution in [-0.4, -0.2) is 71.3 Å². The molecule has 0 bridgehead atoms. The molecule has 1 saturated carbocycles. The largest absolute Gasteiger partial charge is 0.381 e. The molecular formula is C29H35N7O3. The molecule has 39 heavy (non-hydrogen) atoms. The molecule has 2 aliphatic heterocycles. The van der Waals surface area contributed by atoms with E-state index in [0.717, 1.165) is 70.0 Å². The summed E-state index contributed by atoms with van der Waals surface area (Å²) < 4.78 is 11.2. The van der Waals surface area contributed by atoms with E-state index in [9.17, 15) is 4.79 Å². The van der Waals surface area contributed by atoms with Crippen LogP contribution >= 0.6 is 0 Å². The van der Waals surface area contributed by atoms with Gasteiger partial charge in [-0.1, -0.05) is 18.2 Å². The highest BCUT2D eigenvalue weighted by Crippen LogP contribution is 2.52. The molecule has 3 fully saturated rings. The number of primary amides is 1. The van der Waals surface area contributed by atoms with Crippen LogP contribution in [0.1, 0.15) is 40.9 Å². The lowest BCUT2D eigenvalue weighted by Crippen LogP contribution is -2.39. The van der Waals surface area contributed by atoms with Gasteiger partial charge in [-0.3, -0.25) is 14.7 Å². The Morgan fingerprint density at radius 2 is 1.85 bits per heavy atom. The number of morpholine rings is 1. The second-order valence-electron chi connectivity index (χ2n) is 10.8. The van der Waals surface area contributed by atoms with Gasteiger partial charge >= 0.3 is 0 Å². The summed E-state index contributed by atoms with van der Waals surface area (Å²) in [5.74, 6) is 0.256. The number of carbonyl (C=O) groups is 1. The Kier molecular flexibility index (Phi) is 7.16. The highest BCUT2D eigenvalue weighted by Gasteiger charge is 2.51. The number of aromatic nitrogens is 3. The molecule has 1 spiro atoms. The van der Waals surface area contributed by atoms with Crippen molar-refractivity contribution >= 4 is 23.2 Å². The second-order valence-corrected chi connectivity index (χ2v) is 10.8. The third kappa shape index (κ3) is 5.59. The Morgan fingerprint density at radius 3 is 2.56 bits per heavy atom. The molecule has 4 N–H and O–H groups in total. The first-order chi connectivity index (χ1) is 19.0. The molecule has 6 rings (SSSR count). The summed E-state index contributed by atoms with van der Waals surface area (Å²) in [5.41, 5.74) is 10.2. The molecule has 2 aromatic heterocycles. The molecule has 1 atom stereocenters. The first-order valence-corrected chi connectivity index (χ1v) is 13.6. The summed E-state index contributed by atoms with van der Waals surface area (Å²) in [6.07, 6.45) is 4.85. The van der Waals surface area contributed by atoms with Crippen molar-refractivity contribution < 1.29 is 14.3 Å². The van der Waals surface area contributed by atoms with Crippen LogP contribution in [0, 0.1) is 12.3 Å². The van der Waals surface area contributed by atoms with E-state index in [-0.39, 0.29) is 17.2 Å². The molecule has 1 aliphatic carbocycles. The van der Waals surface area contributed by atoms with Gasteiger partial charge in [0, 0.05) is 49.6 Å². The van der Waals surface area contributed by atoms with E-state index in [2.05, 4.69) is 32.7 Å². The fourth-order valence-electron chi connectivity index (χ4n) is 5.47. The van der Waals surface area contributed by atoms with Crippen LogP contribution in [0.4, 0.5) is 17.3 Å². The zero-order chi connectivity index (χ0) is 26.8. The minimum Gasteiger partial charge on any atom is -0.381 e. The number of nitrogens with one attached hydrogen (secondary N) is 2. The van der Waals surface area contributed by atoms with Crippen molar-refractivity contribution in [1.82, 2.24) is 19.9 Å². The van der Waals surface area contributed by atoms with Crippen molar-refractivity contribution in [3.63, 3.8) is 0 Å². The van der Waals surface area contributed by atoms with Crippen molar-refractivity contribution in [3.05, 3.63) is 59.4 Å². The van der Waals surface area contributed by atoms with Crippen molar-refractivity contribution in [2.24, 2.45) is 11.1 Å². The Bertz CT molecular complexity index is 1340. The van der Waals surface area contributed by atoms with Crippen LogP contribution in [0.15, 0.2) is 42.6 Å². The summed E-state index contributed by atoms with van der Waals surface area (Å²) in [4.78, 5) is 29.2. The topological polar surface area (TPSA) is 128 Å². The molecule has 10 nitrogen and oxygen atoms in total. The monoisotopic (exact) mass is 529 g/mol. The molecule has 2 saturated heterocycles. The van der Waals surface area contributed by atoms with E-state index in [0.29, 0.717) is 29.6 Å². The first kappa shape index (κ1) is 25.7. The van der Waals surface area contributed by atoms with Gasteiger partial charge in [-0.15, -0.1) is 0 Å². The highest BCUT2D eigenvalue weighted by molar-refractivity contribution is 5.97. The fraction of sp³-hybridized carbons (Fsp3) is 0.448. The molecule has 10 heteroatoms. The number of benzene rings is 1. The van der Waals surface area contributed by atoms with Gasteiger partial charge in [0.05, 0.1) is 25.5 Å². The maximum Gasteiger partial charge on any atom is 0.271 e. The molecule has 204 valence electrons. The average molecular weight is 530 g/mol. The molecule has 4 heterocycles. The van der Waals surface area contributed by atoms with Gasteiger partial charge in [0.25, 0.3) is 5.91 Å². The Hall–Kier alpha value is -3.60. The number of hydrogen-bond donors (Lipinski definition) is 3. The Labute approximate surface area is 228 Å². The zero-order valence-electron chi connectivity index (χ0n) is 22.3. The SMILES string of the molecule is Cc1cccnc1-c1nc(C(N)=O)c(Nc2ccc(CN3CCOCC3)cc2)nc1NC1CCOCC12CC2. The maximum absolute atomic E-state index is 12.6. The fourth-order valence-corrected chi connectivity index (χ4v) is 5.47. The van der Waals surface area contributed by atoms with Gasteiger partial charge in [-0.05, 0) is 55.5 Å². The normalized spacial score (nSPS) is 20.5. The average Bonchev–Trinajstić information content (AvgIpc) is 3.72. The lowest BCUT2D eigenvalue weighted by molar-refractivity contribution is 0.0342. The number of carbonyl (C=O) groups excluding carboxylic acids is 1. The van der Waals surface area contributed by atoms with E-state index >= 15 is 0 Å². The number of nitrogens with two attached hydrogens (primary N) is 1. The van der Waals surface area contributed by atoms with Crippen molar-refractivity contribution in [2.45, 2.75) is 38.8 Å². The molecule has 1 unspecified atom stereocenters. The van der Waals surface area contributed by atoms with Crippen molar-refractivity contribution in [2.75, 3.05) is 50.2 Å². The van der Waals surface area contributed by atoms with Crippen LogP contribution in [-0.2, 0) is 16.0 Å².